The van der Waals surface area contributed by atoms with Gasteiger partial charge in [0, 0.05) is 6.04 Å². The van der Waals surface area contributed by atoms with Crippen LogP contribution < -0.4 is 15.2 Å². The molecule has 5 nitrogen and oxygen atoms in total. The van der Waals surface area contributed by atoms with Crippen molar-refractivity contribution < 1.29 is 19.0 Å². The molecule has 0 aliphatic rings. The van der Waals surface area contributed by atoms with Crippen LogP contribution in [0.15, 0.2) is 18.2 Å². The van der Waals surface area contributed by atoms with Crippen LogP contribution in [0.1, 0.15) is 38.8 Å². The average molecular weight is 318 g/mol. The quantitative estimate of drug-likeness (QED) is 0.783. The van der Waals surface area contributed by atoms with Crippen molar-refractivity contribution in [2.45, 2.75) is 39.3 Å². The second kappa shape index (κ2) is 9.47. The second-order valence-corrected chi connectivity index (χ2v) is 4.69. The SMILES string of the molecule is CCOc1cc(C(N)CC(=O)OC)ccc1OC(C)C.Cl. The normalized spacial score (nSPS) is 11.5. The Morgan fingerprint density at radius 1 is 1.29 bits per heavy atom. The maximum absolute atomic E-state index is 11.3. The van der Waals surface area contributed by atoms with Crippen LogP contribution in [-0.4, -0.2) is 25.8 Å². The van der Waals surface area contributed by atoms with Gasteiger partial charge in [0.05, 0.1) is 26.2 Å². The van der Waals surface area contributed by atoms with E-state index < -0.39 is 6.04 Å². The van der Waals surface area contributed by atoms with Crippen LogP contribution in [0.3, 0.4) is 0 Å². The van der Waals surface area contributed by atoms with Crippen molar-refractivity contribution in [3.8, 4) is 11.5 Å². The molecule has 0 saturated carbocycles. The number of methoxy groups -OCH3 is 1. The van der Waals surface area contributed by atoms with Gasteiger partial charge in [0.2, 0.25) is 0 Å². The molecule has 0 aromatic heterocycles. The smallest absolute Gasteiger partial charge is 0.307 e. The lowest BCUT2D eigenvalue weighted by Crippen LogP contribution is -2.16. The number of nitrogens with two attached hydrogens (primary N) is 1. The average Bonchev–Trinajstić information content (AvgIpc) is 2.40. The van der Waals surface area contributed by atoms with Crippen molar-refractivity contribution in [3.63, 3.8) is 0 Å². The second-order valence-electron chi connectivity index (χ2n) is 4.69. The fourth-order valence-electron chi connectivity index (χ4n) is 1.76. The first-order chi connectivity index (χ1) is 9.47. The zero-order chi connectivity index (χ0) is 15.1. The Morgan fingerprint density at radius 3 is 2.48 bits per heavy atom. The molecule has 21 heavy (non-hydrogen) atoms. The molecule has 0 amide bonds. The zero-order valence-electron chi connectivity index (χ0n) is 12.9. The van der Waals surface area contributed by atoms with Crippen molar-refractivity contribution in [2.75, 3.05) is 13.7 Å². The van der Waals surface area contributed by atoms with Crippen LogP contribution in [0, 0.1) is 0 Å². The molecule has 0 radical (unpaired) electrons. The molecule has 1 aromatic rings. The molecule has 0 aliphatic carbocycles. The Balaban J connectivity index is 0.00000400. The van der Waals surface area contributed by atoms with Gasteiger partial charge in [-0.3, -0.25) is 4.79 Å². The number of esters is 1. The van der Waals surface area contributed by atoms with Crippen LogP contribution >= 0.6 is 12.4 Å². The number of hydrogen-bond donors (Lipinski definition) is 1. The lowest BCUT2D eigenvalue weighted by molar-refractivity contribution is -0.141. The summed E-state index contributed by atoms with van der Waals surface area (Å²) < 4.78 is 15.9. The van der Waals surface area contributed by atoms with Crippen LogP contribution in [0.4, 0.5) is 0 Å². The maximum atomic E-state index is 11.3. The fraction of sp³-hybridized carbons (Fsp3) is 0.533. The first-order valence-electron chi connectivity index (χ1n) is 6.73. The lowest BCUT2D eigenvalue weighted by Gasteiger charge is -2.17. The summed E-state index contributed by atoms with van der Waals surface area (Å²) in [5.41, 5.74) is 6.81. The summed E-state index contributed by atoms with van der Waals surface area (Å²) in [6, 6.07) is 5.05. The molecule has 0 fully saturated rings. The van der Waals surface area contributed by atoms with E-state index in [1.165, 1.54) is 7.11 Å². The highest BCUT2D eigenvalue weighted by atomic mass is 35.5. The van der Waals surface area contributed by atoms with Crippen molar-refractivity contribution >= 4 is 18.4 Å². The van der Waals surface area contributed by atoms with Gasteiger partial charge < -0.3 is 19.9 Å². The largest absolute Gasteiger partial charge is 0.490 e. The summed E-state index contributed by atoms with van der Waals surface area (Å²) in [4.78, 5) is 11.3. The number of rotatable bonds is 7. The van der Waals surface area contributed by atoms with Gasteiger partial charge in [-0.25, -0.2) is 0 Å². The molecule has 0 spiro atoms. The van der Waals surface area contributed by atoms with Gasteiger partial charge in [-0.05, 0) is 38.5 Å². The van der Waals surface area contributed by atoms with E-state index in [0.717, 1.165) is 5.56 Å². The van der Waals surface area contributed by atoms with E-state index in [4.69, 9.17) is 15.2 Å². The molecule has 0 bridgehead atoms. The summed E-state index contributed by atoms with van der Waals surface area (Å²) in [5.74, 6) is 0.979. The van der Waals surface area contributed by atoms with E-state index >= 15 is 0 Å². The molecule has 0 heterocycles. The minimum atomic E-state index is -0.422. The van der Waals surface area contributed by atoms with Gasteiger partial charge >= 0.3 is 5.97 Å². The van der Waals surface area contributed by atoms with Gasteiger partial charge in [0.25, 0.3) is 0 Å². The van der Waals surface area contributed by atoms with E-state index in [0.29, 0.717) is 18.1 Å². The lowest BCUT2D eigenvalue weighted by atomic mass is 10.0. The minimum Gasteiger partial charge on any atom is -0.490 e. The Kier molecular flexibility index (Phi) is 8.81. The number of benzene rings is 1. The molecule has 0 aliphatic heterocycles. The number of carbonyl (C=O) groups excluding carboxylic acids is 1. The summed E-state index contributed by atoms with van der Waals surface area (Å²) >= 11 is 0. The van der Waals surface area contributed by atoms with Crippen LogP contribution in [0.25, 0.3) is 0 Å². The standard InChI is InChI=1S/C15H23NO4.ClH/c1-5-19-14-8-11(12(16)9-15(17)18-4)6-7-13(14)20-10(2)3;/h6-8,10,12H,5,9,16H2,1-4H3;1H. The van der Waals surface area contributed by atoms with Crippen LogP contribution in [0.2, 0.25) is 0 Å². The van der Waals surface area contributed by atoms with E-state index in [1.54, 1.807) is 0 Å². The molecule has 1 atom stereocenters. The molecular formula is C15H24ClNO4. The molecule has 1 unspecified atom stereocenters. The molecule has 0 saturated heterocycles. The molecule has 2 N–H and O–H groups in total. The van der Waals surface area contributed by atoms with Crippen LogP contribution in [-0.2, 0) is 9.53 Å². The highest BCUT2D eigenvalue weighted by Gasteiger charge is 2.15. The number of carbonyl (C=O) groups is 1. The van der Waals surface area contributed by atoms with Gasteiger partial charge in [-0.2, -0.15) is 0 Å². The van der Waals surface area contributed by atoms with Gasteiger partial charge in [0.1, 0.15) is 0 Å². The molecule has 1 aromatic carbocycles. The number of ether oxygens (including phenoxy) is 3. The highest BCUT2D eigenvalue weighted by molar-refractivity contribution is 5.85. The summed E-state index contributed by atoms with van der Waals surface area (Å²) in [5, 5.41) is 0. The molecule has 120 valence electrons. The Bertz CT molecular complexity index is 451. The van der Waals surface area contributed by atoms with Crippen molar-refractivity contribution in [1.82, 2.24) is 0 Å². The van der Waals surface area contributed by atoms with Gasteiger partial charge in [0.15, 0.2) is 11.5 Å². The van der Waals surface area contributed by atoms with Crippen molar-refractivity contribution in [2.24, 2.45) is 5.73 Å². The first kappa shape index (κ1) is 19.5. The number of hydrogen-bond acceptors (Lipinski definition) is 5. The third kappa shape index (κ3) is 6.23. The van der Waals surface area contributed by atoms with Crippen molar-refractivity contribution in [3.05, 3.63) is 23.8 Å². The summed E-state index contributed by atoms with van der Waals surface area (Å²) in [7, 11) is 1.35. The van der Waals surface area contributed by atoms with E-state index in [1.807, 2.05) is 39.0 Å². The predicted molar refractivity (Wildman–Crippen MR) is 84.2 cm³/mol. The fourth-order valence-corrected chi connectivity index (χ4v) is 1.76. The minimum absolute atomic E-state index is 0. The third-order valence-electron chi connectivity index (χ3n) is 2.67. The van der Waals surface area contributed by atoms with Crippen LogP contribution in [0.5, 0.6) is 11.5 Å². The Labute approximate surface area is 132 Å². The molecule has 1 rings (SSSR count). The first-order valence-corrected chi connectivity index (χ1v) is 6.73. The van der Waals surface area contributed by atoms with E-state index in [9.17, 15) is 4.79 Å². The summed E-state index contributed by atoms with van der Waals surface area (Å²) in [6.07, 6.45) is 0.190. The summed E-state index contributed by atoms with van der Waals surface area (Å²) in [6.45, 7) is 6.34. The van der Waals surface area contributed by atoms with Gasteiger partial charge in [-0.1, -0.05) is 6.07 Å². The Morgan fingerprint density at radius 2 is 1.95 bits per heavy atom. The molecule has 6 heteroatoms. The van der Waals surface area contributed by atoms with E-state index in [-0.39, 0.29) is 30.9 Å². The van der Waals surface area contributed by atoms with Crippen molar-refractivity contribution in [1.29, 1.82) is 0 Å². The number of halogens is 1. The molecular weight excluding hydrogens is 294 g/mol. The topological polar surface area (TPSA) is 70.8 Å². The maximum Gasteiger partial charge on any atom is 0.307 e. The van der Waals surface area contributed by atoms with Gasteiger partial charge in [-0.15, -0.1) is 12.4 Å². The zero-order valence-corrected chi connectivity index (χ0v) is 13.7. The van der Waals surface area contributed by atoms with E-state index in [2.05, 4.69) is 4.74 Å². The predicted octanol–water partition coefficient (Wildman–Crippen LogP) is 2.86. The highest BCUT2D eigenvalue weighted by Crippen LogP contribution is 2.31. The third-order valence-corrected chi connectivity index (χ3v) is 2.67. The monoisotopic (exact) mass is 317 g/mol. The Hall–Kier alpha value is -1.46.